The third-order valence-corrected chi connectivity index (χ3v) is 4.66. The van der Waals surface area contributed by atoms with Crippen LogP contribution >= 0.6 is 11.6 Å². The Balaban J connectivity index is 2.07. The van der Waals surface area contributed by atoms with Crippen molar-refractivity contribution in [1.82, 2.24) is 9.88 Å². The van der Waals surface area contributed by atoms with Crippen LogP contribution in [-0.4, -0.2) is 36.1 Å². The fourth-order valence-corrected chi connectivity index (χ4v) is 3.31. The van der Waals surface area contributed by atoms with Crippen molar-refractivity contribution in [3.05, 3.63) is 23.4 Å². The first-order chi connectivity index (χ1) is 9.03. The maximum Gasteiger partial charge on any atom is 0.144 e. The number of anilines is 1. The molecule has 106 valence electrons. The normalized spacial score (nSPS) is 27.5. The molecule has 1 N–H and O–H groups in total. The van der Waals surface area contributed by atoms with Crippen molar-refractivity contribution in [3.63, 3.8) is 0 Å². The van der Waals surface area contributed by atoms with E-state index in [1.165, 1.54) is 25.7 Å². The van der Waals surface area contributed by atoms with Crippen LogP contribution in [0.5, 0.6) is 0 Å². The van der Waals surface area contributed by atoms with E-state index in [-0.39, 0.29) is 5.54 Å². The summed E-state index contributed by atoms with van der Waals surface area (Å²) < 4.78 is 0. The molecule has 2 unspecified atom stereocenters. The first-order valence-corrected chi connectivity index (χ1v) is 7.43. The summed E-state index contributed by atoms with van der Waals surface area (Å²) in [5.41, 5.74) is 0.221. The number of likely N-dealkylation sites (N-methyl/N-ethyl adjacent to an activating group) is 1. The summed E-state index contributed by atoms with van der Waals surface area (Å²) >= 11 is 6.16. The van der Waals surface area contributed by atoms with E-state index in [1.54, 1.807) is 6.20 Å². The molecule has 19 heavy (non-hydrogen) atoms. The molecule has 3 nitrogen and oxygen atoms in total. The Hall–Kier alpha value is -0.800. The molecule has 0 spiro atoms. The van der Waals surface area contributed by atoms with Gasteiger partial charge in [-0.3, -0.25) is 0 Å². The number of rotatable bonds is 4. The maximum atomic E-state index is 6.16. The SMILES string of the molecule is CC1CCCC(CNc2ncccc2Cl)(N(C)C)C1. The Morgan fingerprint density at radius 2 is 2.32 bits per heavy atom. The second-order valence-corrected chi connectivity index (χ2v) is 6.41. The average Bonchev–Trinajstić information content (AvgIpc) is 2.38. The molecule has 1 fully saturated rings. The van der Waals surface area contributed by atoms with Gasteiger partial charge in [-0.15, -0.1) is 0 Å². The quantitative estimate of drug-likeness (QED) is 0.913. The van der Waals surface area contributed by atoms with E-state index in [1.807, 2.05) is 12.1 Å². The fourth-order valence-electron chi connectivity index (χ4n) is 3.12. The number of hydrogen-bond acceptors (Lipinski definition) is 3. The Morgan fingerprint density at radius 3 is 2.95 bits per heavy atom. The van der Waals surface area contributed by atoms with Crippen molar-refractivity contribution in [2.45, 2.75) is 38.1 Å². The van der Waals surface area contributed by atoms with Crippen LogP contribution in [-0.2, 0) is 0 Å². The van der Waals surface area contributed by atoms with Crippen molar-refractivity contribution in [1.29, 1.82) is 0 Å². The highest BCUT2D eigenvalue weighted by Crippen LogP contribution is 2.36. The molecule has 2 rings (SSSR count). The Kier molecular flexibility index (Phi) is 4.69. The number of pyridine rings is 1. The van der Waals surface area contributed by atoms with Crippen LogP contribution in [0.4, 0.5) is 5.82 Å². The number of hydrogen-bond donors (Lipinski definition) is 1. The van der Waals surface area contributed by atoms with Gasteiger partial charge in [0.05, 0.1) is 5.02 Å². The van der Waals surface area contributed by atoms with Crippen LogP contribution in [0.1, 0.15) is 32.6 Å². The Bertz CT molecular complexity index is 422. The molecule has 4 heteroatoms. The van der Waals surface area contributed by atoms with Crippen molar-refractivity contribution >= 4 is 17.4 Å². The van der Waals surface area contributed by atoms with E-state index in [2.05, 4.69) is 36.2 Å². The van der Waals surface area contributed by atoms with Crippen LogP contribution in [0.25, 0.3) is 0 Å². The second kappa shape index (κ2) is 6.10. The summed E-state index contributed by atoms with van der Waals surface area (Å²) in [4.78, 5) is 6.68. The molecule has 0 bridgehead atoms. The molecule has 0 saturated heterocycles. The fraction of sp³-hybridized carbons (Fsp3) is 0.667. The standard InChI is InChI=1S/C15H24ClN3/c1-12-6-4-8-15(10-12,19(2)3)11-18-14-13(16)7-5-9-17-14/h5,7,9,12H,4,6,8,10-11H2,1-3H3,(H,17,18). The van der Waals surface area contributed by atoms with Gasteiger partial charge in [0.2, 0.25) is 0 Å². The van der Waals surface area contributed by atoms with E-state index in [0.717, 1.165) is 18.3 Å². The molecular formula is C15H24ClN3. The van der Waals surface area contributed by atoms with Crippen LogP contribution in [0.2, 0.25) is 5.02 Å². The van der Waals surface area contributed by atoms with Gasteiger partial charge in [0, 0.05) is 18.3 Å². The summed E-state index contributed by atoms with van der Waals surface area (Å²) in [7, 11) is 4.36. The first-order valence-electron chi connectivity index (χ1n) is 7.05. The van der Waals surface area contributed by atoms with Crippen LogP contribution < -0.4 is 5.32 Å². The minimum absolute atomic E-state index is 0.221. The second-order valence-electron chi connectivity index (χ2n) is 6.01. The van der Waals surface area contributed by atoms with Crippen LogP contribution in [0, 0.1) is 5.92 Å². The lowest BCUT2D eigenvalue weighted by Gasteiger charge is -2.45. The zero-order valence-corrected chi connectivity index (χ0v) is 12.9. The molecule has 1 aliphatic carbocycles. The molecule has 1 aromatic heterocycles. The molecule has 0 aromatic carbocycles. The van der Waals surface area contributed by atoms with Crippen LogP contribution in [0.15, 0.2) is 18.3 Å². The monoisotopic (exact) mass is 281 g/mol. The Morgan fingerprint density at radius 1 is 1.53 bits per heavy atom. The molecule has 2 atom stereocenters. The smallest absolute Gasteiger partial charge is 0.144 e. The van der Waals surface area contributed by atoms with Gasteiger partial charge in [-0.25, -0.2) is 4.98 Å². The number of nitrogens with zero attached hydrogens (tertiary/aromatic N) is 2. The van der Waals surface area contributed by atoms with Gasteiger partial charge in [-0.05, 0) is 45.0 Å². The first kappa shape index (κ1) is 14.6. The number of halogens is 1. The van der Waals surface area contributed by atoms with Gasteiger partial charge >= 0.3 is 0 Å². The van der Waals surface area contributed by atoms with Gasteiger partial charge in [-0.2, -0.15) is 0 Å². The van der Waals surface area contributed by atoms with E-state index in [0.29, 0.717) is 5.02 Å². The minimum atomic E-state index is 0.221. The molecule has 0 radical (unpaired) electrons. The molecule has 1 aliphatic rings. The molecule has 1 saturated carbocycles. The molecule has 1 aromatic rings. The zero-order valence-electron chi connectivity index (χ0n) is 12.1. The summed E-state index contributed by atoms with van der Waals surface area (Å²) in [6.07, 6.45) is 6.90. The average molecular weight is 282 g/mol. The van der Waals surface area contributed by atoms with E-state index in [4.69, 9.17) is 11.6 Å². The lowest BCUT2D eigenvalue weighted by atomic mass is 9.75. The zero-order chi connectivity index (χ0) is 13.9. The molecule has 1 heterocycles. The summed E-state index contributed by atoms with van der Waals surface area (Å²) in [5, 5.41) is 4.14. The summed E-state index contributed by atoms with van der Waals surface area (Å²) in [6, 6.07) is 3.74. The van der Waals surface area contributed by atoms with Gasteiger partial charge in [0.15, 0.2) is 0 Å². The van der Waals surface area contributed by atoms with Crippen LogP contribution in [0.3, 0.4) is 0 Å². The van der Waals surface area contributed by atoms with Crippen molar-refractivity contribution in [2.75, 3.05) is 26.0 Å². The minimum Gasteiger partial charge on any atom is -0.367 e. The molecular weight excluding hydrogens is 258 g/mol. The van der Waals surface area contributed by atoms with E-state index >= 15 is 0 Å². The van der Waals surface area contributed by atoms with E-state index < -0.39 is 0 Å². The number of nitrogens with one attached hydrogen (secondary N) is 1. The van der Waals surface area contributed by atoms with Gasteiger partial charge in [-0.1, -0.05) is 31.4 Å². The lowest BCUT2D eigenvalue weighted by Crippen LogP contribution is -2.52. The lowest BCUT2D eigenvalue weighted by molar-refractivity contribution is 0.0882. The van der Waals surface area contributed by atoms with Crippen molar-refractivity contribution in [3.8, 4) is 0 Å². The van der Waals surface area contributed by atoms with Gasteiger partial charge in [0.1, 0.15) is 5.82 Å². The molecule has 0 amide bonds. The predicted molar refractivity (Wildman–Crippen MR) is 81.8 cm³/mol. The van der Waals surface area contributed by atoms with Gasteiger partial charge in [0.25, 0.3) is 0 Å². The maximum absolute atomic E-state index is 6.16. The van der Waals surface area contributed by atoms with E-state index in [9.17, 15) is 0 Å². The largest absolute Gasteiger partial charge is 0.367 e. The Labute approximate surface area is 121 Å². The van der Waals surface area contributed by atoms with Crippen molar-refractivity contribution in [2.24, 2.45) is 5.92 Å². The highest BCUT2D eigenvalue weighted by atomic mass is 35.5. The predicted octanol–water partition coefficient (Wildman–Crippen LogP) is 3.66. The van der Waals surface area contributed by atoms with Gasteiger partial charge < -0.3 is 10.2 Å². The third-order valence-electron chi connectivity index (χ3n) is 4.36. The topological polar surface area (TPSA) is 28.2 Å². The summed E-state index contributed by atoms with van der Waals surface area (Å²) in [5.74, 6) is 1.58. The van der Waals surface area contributed by atoms with Crippen molar-refractivity contribution < 1.29 is 0 Å². The highest BCUT2D eigenvalue weighted by molar-refractivity contribution is 6.32. The highest BCUT2D eigenvalue weighted by Gasteiger charge is 2.36. The summed E-state index contributed by atoms with van der Waals surface area (Å²) in [6.45, 7) is 3.26. The molecule has 0 aliphatic heterocycles. The number of aromatic nitrogens is 1. The third kappa shape index (κ3) is 3.40.